The van der Waals surface area contributed by atoms with Crippen LogP contribution in [-0.4, -0.2) is 33.0 Å². The van der Waals surface area contributed by atoms with Crippen molar-refractivity contribution >= 4 is 17.3 Å². The Hall–Kier alpha value is -0.940. The number of aromatic nitrogens is 1. The lowest BCUT2D eigenvalue weighted by Crippen LogP contribution is -2.51. The Labute approximate surface area is 118 Å². The molecule has 0 aromatic carbocycles. The van der Waals surface area contributed by atoms with Crippen LogP contribution < -0.4 is 0 Å². The first-order chi connectivity index (χ1) is 9.01. The number of carboxylic acids is 1. The first-order valence-electron chi connectivity index (χ1n) is 6.93. The lowest BCUT2D eigenvalue weighted by Gasteiger charge is -2.38. The van der Waals surface area contributed by atoms with Gasteiger partial charge in [0, 0.05) is 5.38 Å². The van der Waals surface area contributed by atoms with Crippen molar-refractivity contribution in [2.24, 2.45) is 0 Å². The highest BCUT2D eigenvalue weighted by atomic mass is 32.1. The summed E-state index contributed by atoms with van der Waals surface area (Å²) in [4.78, 5) is 18.5. The summed E-state index contributed by atoms with van der Waals surface area (Å²) in [6, 6.07) is 0.0788. The lowest BCUT2D eigenvalue weighted by molar-refractivity contribution is -0.151. The average molecular weight is 282 g/mol. The number of hydrogen-bond donors (Lipinski definition) is 1. The van der Waals surface area contributed by atoms with Gasteiger partial charge in [0.15, 0.2) is 0 Å². The Bertz CT molecular complexity index is 460. The summed E-state index contributed by atoms with van der Waals surface area (Å²) in [7, 11) is 0. The molecule has 1 saturated heterocycles. The summed E-state index contributed by atoms with van der Waals surface area (Å²) in [5, 5.41) is 12.8. The molecule has 0 spiro atoms. The second-order valence-corrected chi connectivity index (χ2v) is 6.41. The molecule has 0 amide bonds. The smallest absolute Gasteiger partial charge is 0.324 e. The Kier molecular flexibility index (Phi) is 4.26. The van der Waals surface area contributed by atoms with Crippen LogP contribution in [0.3, 0.4) is 0 Å². The van der Waals surface area contributed by atoms with E-state index >= 15 is 0 Å². The van der Waals surface area contributed by atoms with Gasteiger partial charge in [0.25, 0.3) is 0 Å². The summed E-state index contributed by atoms with van der Waals surface area (Å²) >= 11 is 1.63. The van der Waals surface area contributed by atoms with Crippen LogP contribution in [0.2, 0.25) is 0 Å². The zero-order valence-corrected chi connectivity index (χ0v) is 12.7. The molecule has 1 N–H and O–H groups in total. The van der Waals surface area contributed by atoms with E-state index in [1.807, 2.05) is 6.92 Å². The normalized spacial score (nSPS) is 25.6. The number of carbonyl (C=O) groups is 1. The van der Waals surface area contributed by atoms with Crippen molar-refractivity contribution in [2.75, 3.05) is 6.54 Å². The molecular formula is C14H22N2O2S. The standard InChI is InChI=1S/C14H22N2O2S/c1-4-6-14(13(17)18)7-5-8-16(14)10(2)12-9-19-11(3)15-12/h9-10H,4-8H2,1-3H3,(H,17,18). The zero-order valence-electron chi connectivity index (χ0n) is 11.8. The van der Waals surface area contributed by atoms with Crippen molar-refractivity contribution in [3.8, 4) is 0 Å². The SMILES string of the molecule is CCCC1(C(=O)O)CCCN1C(C)c1csc(C)n1. The maximum absolute atomic E-state index is 11.8. The van der Waals surface area contributed by atoms with Crippen molar-refractivity contribution in [1.82, 2.24) is 9.88 Å². The van der Waals surface area contributed by atoms with Crippen LogP contribution in [0.5, 0.6) is 0 Å². The van der Waals surface area contributed by atoms with Gasteiger partial charge in [-0.1, -0.05) is 13.3 Å². The molecule has 1 aliphatic rings. The van der Waals surface area contributed by atoms with Gasteiger partial charge in [0.1, 0.15) is 5.54 Å². The molecule has 19 heavy (non-hydrogen) atoms. The van der Waals surface area contributed by atoms with Crippen LogP contribution in [0.4, 0.5) is 0 Å². The van der Waals surface area contributed by atoms with Crippen molar-refractivity contribution in [1.29, 1.82) is 0 Å². The Morgan fingerprint density at radius 2 is 2.42 bits per heavy atom. The van der Waals surface area contributed by atoms with Crippen molar-refractivity contribution in [3.05, 3.63) is 16.1 Å². The molecule has 2 rings (SSSR count). The summed E-state index contributed by atoms with van der Waals surface area (Å²) in [6.45, 7) is 6.97. The van der Waals surface area contributed by atoms with Crippen LogP contribution in [0.15, 0.2) is 5.38 Å². The van der Waals surface area contributed by atoms with Gasteiger partial charge in [-0.3, -0.25) is 9.69 Å². The van der Waals surface area contributed by atoms with E-state index in [0.717, 1.165) is 42.9 Å². The third kappa shape index (κ3) is 2.54. The molecule has 2 heterocycles. The van der Waals surface area contributed by atoms with Crippen molar-refractivity contribution < 1.29 is 9.90 Å². The summed E-state index contributed by atoms with van der Waals surface area (Å²) < 4.78 is 0. The van der Waals surface area contributed by atoms with Gasteiger partial charge in [-0.25, -0.2) is 4.98 Å². The monoisotopic (exact) mass is 282 g/mol. The zero-order chi connectivity index (χ0) is 14.0. The molecule has 106 valence electrons. The molecule has 2 unspecified atom stereocenters. The largest absolute Gasteiger partial charge is 0.480 e. The average Bonchev–Trinajstić information content (AvgIpc) is 2.96. The predicted octanol–water partition coefficient (Wildman–Crippen LogP) is 3.23. The molecule has 5 heteroatoms. The molecule has 0 aliphatic carbocycles. The van der Waals surface area contributed by atoms with Gasteiger partial charge in [0.05, 0.1) is 16.7 Å². The quantitative estimate of drug-likeness (QED) is 0.901. The Balaban J connectivity index is 2.28. The highest BCUT2D eigenvalue weighted by molar-refractivity contribution is 7.09. The summed E-state index contributed by atoms with van der Waals surface area (Å²) in [5.74, 6) is -0.675. The number of nitrogens with zero attached hydrogens (tertiary/aromatic N) is 2. The van der Waals surface area contributed by atoms with E-state index in [2.05, 4.69) is 29.1 Å². The van der Waals surface area contributed by atoms with E-state index in [0.29, 0.717) is 0 Å². The molecule has 0 bridgehead atoms. The maximum Gasteiger partial charge on any atom is 0.324 e. The van der Waals surface area contributed by atoms with E-state index < -0.39 is 11.5 Å². The molecule has 1 aromatic rings. The second-order valence-electron chi connectivity index (χ2n) is 5.35. The molecule has 0 radical (unpaired) electrons. The van der Waals surface area contributed by atoms with E-state index in [1.165, 1.54) is 0 Å². The van der Waals surface area contributed by atoms with Gasteiger partial charge in [0.2, 0.25) is 0 Å². The number of carboxylic acid groups (broad SMARTS) is 1. The number of likely N-dealkylation sites (tertiary alicyclic amines) is 1. The summed E-state index contributed by atoms with van der Waals surface area (Å²) in [5.41, 5.74) is 0.317. The Morgan fingerprint density at radius 1 is 1.68 bits per heavy atom. The third-order valence-corrected chi connectivity index (χ3v) is 4.92. The Morgan fingerprint density at radius 3 is 2.95 bits per heavy atom. The van der Waals surface area contributed by atoms with Gasteiger partial charge in [-0.15, -0.1) is 11.3 Å². The first kappa shape index (κ1) is 14.5. The second kappa shape index (κ2) is 5.59. The van der Waals surface area contributed by atoms with Gasteiger partial charge < -0.3 is 5.11 Å². The number of aliphatic carboxylic acids is 1. The van der Waals surface area contributed by atoms with Crippen molar-refractivity contribution in [2.45, 2.75) is 58.0 Å². The molecule has 0 saturated carbocycles. The van der Waals surface area contributed by atoms with E-state index in [-0.39, 0.29) is 6.04 Å². The van der Waals surface area contributed by atoms with E-state index in [9.17, 15) is 9.90 Å². The molecule has 1 aliphatic heterocycles. The number of aryl methyl sites for hydroxylation is 1. The predicted molar refractivity (Wildman–Crippen MR) is 76.5 cm³/mol. The number of hydrogen-bond acceptors (Lipinski definition) is 4. The first-order valence-corrected chi connectivity index (χ1v) is 7.81. The topological polar surface area (TPSA) is 53.4 Å². The van der Waals surface area contributed by atoms with Gasteiger partial charge in [-0.2, -0.15) is 0 Å². The van der Waals surface area contributed by atoms with Gasteiger partial charge >= 0.3 is 5.97 Å². The fraction of sp³-hybridized carbons (Fsp3) is 0.714. The molecule has 1 fully saturated rings. The minimum atomic E-state index is -0.689. The third-order valence-electron chi connectivity index (χ3n) is 4.13. The number of rotatable bonds is 5. The fourth-order valence-corrected chi connectivity index (χ4v) is 3.91. The molecule has 2 atom stereocenters. The lowest BCUT2D eigenvalue weighted by atomic mass is 9.89. The molecule has 1 aromatic heterocycles. The van der Waals surface area contributed by atoms with Crippen LogP contribution >= 0.6 is 11.3 Å². The van der Waals surface area contributed by atoms with Crippen LogP contribution in [0.1, 0.15) is 56.3 Å². The minimum absolute atomic E-state index is 0.0788. The van der Waals surface area contributed by atoms with Crippen LogP contribution in [0, 0.1) is 6.92 Å². The molecular weight excluding hydrogens is 260 g/mol. The fourth-order valence-electron chi connectivity index (χ4n) is 3.21. The highest BCUT2D eigenvalue weighted by Gasteiger charge is 2.49. The number of thiazole rings is 1. The van der Waals surface area contributed by atoms with E-state index in [1.54, 1.807) is 11.3 Å². The van der Waals surface area contributed by atoms with Crippen LogP contribution in [-0.2, 0) is 4.79 Å². The maximum atomic E-state index is 11.8. The van der Waals surface area contributed by atoms with E-state index in [4.69, 9.17) is 0 Å². The molecule has 4 nitrogen and oxygen atoms in total. The summed E-state index contributed by atoms with van der Waals surface area (Å²) in [6.07, 6.45) is 3.32. The minimum Gasteiger partial charge on any atom is -0.480 e. The van der Waals surface area contributed by atoms with Crippen LogP contribution in [0.25, 0.3) is 0 Å². The van der Waals surface area contributed by atoms with Crippen molar-refractivity contribution in [3.63, 3.8) is 0 Å². The highest BCUT2D eigenvalue weighted by Crippen LogP contribution is 2.40. The van der Waals surface area contributed by atoms with Gasteiger partial charge in [-0.05, 0) is 39.7 Å².